The van der Waals surface area contributed by atoms with Gasteiger partial charge in [0.15, 0.2) is 5.82 Å². The minimum atomic E-state index is -0.616. The zero-order valence-electron chi connectivity index (χ0n) is 9.64. The van der Waals surface area contributed by atoms with E-state index >= 15 is 0 Å². The highest BCUT2D eigenvalue weighted by Gasteiger charge is 2.21. The number of rotatable bonds is 4. The summed E-state index contributed by atoms with van der Waals surface area (Å²) in [6, 6.07) is 0. The van der Waals surface area contributed by atoms with Gasteiger partial charge in [0, 0.05) is 12.4 Å². The molecule has 0 radical (unpaired) electrons. The van der Waals surface area contributed by atoms with Crippen molar-refractivity contribution in [3.63, 3.8) is 0 Å². The van der Waals surface area contributed by atoms with E-state index in [9.17, 15) is 5.11 Å². The van der Waals surface area contributed by atoms with Crippen LogP contribution >= 0.6 is 0 Å². The lowest BCUT2D eigenvalue weighted by Gasteiger charge is -2.21. The van der Waals surface area contributed by atoms with Crippen LogP contribution < -0.4 is 0 Å². The molecule has 0 aliphatic rings. The highest BCUT2D eigenvalue weighted by molar-refractivity contribution is 5.04. The van der Waals surface area contributed by atoms with Crippen LogP contribution in [0.1, 0.15) is 38.3 Å². The van der Waals surface area contributed by atoms with E-state index < -0.39 is 12.2 Å². The summed E-state index contributed by atoms with van der Waals surface area (Å²) in [6.07, 6.45) is 2.42. The van der Waals surface area contributed by atoms with Crippen molar-refractivity contribution in [1.29, 1.82) is 0 Å². The van der Waals surface area contributed by atoms with Crippen LogP contribution in [0.25, 0.3) is 0 Å². The van der Waals surface area contributed by atoms with Crippen molar-refractivity contribution in [2.24, 2.45) is 0 Å². The molecule has 0 spiro atoms. The maximum absolute atomic E-state index is 9.58. The van der Waals surface area contributed by atoms with Gasteiger partial charge in [0.05, 0.1) is 12.2 Å². The van der Waals surface area contributed by atoms with Gasteiger partial charge in [-0.15, -0.1) is 0 Å². The molecule has 1 rings (SSSR count). The number of aliphatic hydroxyl groups excluding tert-OH is 1. The van der Waals surface area contributed by atoms with Crippen molar-refractivity contribution < 1.29 is 9.84 Å². The molecule has 2 atom stereocenters. The molecular weight excluding hydrogens is 192 g/mol. The third-order valence-corrected chi connectivity index (χ3v) is 1.91. The Bertz CT molecular complexity index is 296. The molecule has 0 aliphatic heterocycles. The molecule has 0 aliphatic carbocycles. The molecule has 1 N–H and O–H groups in total. The van der Waals surface area contributed by atoms with Crippen molar-refractivity contribution in [2.75, 3.05) is 0 Å². The highest BCUT2D eigenvalue weighted by atomic mass is 16.5. The van der Waals surface area contributed by atoms with E-state index in [1.54, 1.807) is 19.3 Å². The second-order valence-corrected chi connectivity index (χ2v) is 3.96. The zero-order valence-corrected chi connectivity index (χ0v) is 9.64. The summed E-state index contributed by atoms with van der Waals surface area (Å²) in [5, 5.41) is 9.58. The number of hydrogen-bond donors (Lipinski definition) is 1. The molecule has 0 unspecified atom stereocenters. The van der Waals surface area contributed by atoms with Gasteiger partial charge < -0.3 is 9.84 Å². The van der Waals surface area contributed by atoms with Gasteiger partial charge in [-0.3, -0.25) is 0 Å². The van der Waals surface area contributed by atoms with Gasteiger partial charge in [0.2, 0.25) is 0 Å². The van der Waals surface area contributed by atoms with Gasteiger partial charge in [-0.05, 0) is 33.3 Å². The van der Waals surface area contributed by atoms with Crippen LogP contribution in [0.15, 0.2) is 12.4 Å². The lowest BCUT2D eigenvalue weighted by atomic mass is 10.2. The largest absolute Gasteiger partial charge is 0.390 e. The van der Waals surface area contributed by atoms with E-state index in [-0.39, 0.29) is 6.10 Å². The number of nitrogens with zero attached hydrogens (tertiary/aromatic N) is 2. The first kappa shape index (κ1) is 12.1. The first-order chi connectivity index (χ1) is 7.00. The second-order valence-electron chi connectivity index (χ2n) is 3.96. The van der Waals surface area contributed by atoms with E-state index in [1.165, 1.54) is 0 Å². The van der Waals surface area contributed by atoms with Crippen molar-refractivity contribution in [1.82, 2.24) is 9.97 Å². The van der Waals surface area contributed by atoms with Crippen LogP contribution in [0, 0.1) is 6.92 Å². The lowest BCUT2D eigenvalue weighted by Crippen LogP contribution is -2.23. The predicted octanol–water partition coefficient (Wildman–Crippen LogP) is 1.63. The Morgan fingerprint density at radius 2 is 1.73 bits per heavy atom. The SMILES string of the molecule is Cc1cnc([C@H](OC(C)C)[C@@H](C)O)nc1. The van der Waals surface area contributed by atoms with Crippen molar-refractivity contribution >= 4 is 0 Å². The van der Waals surface area contributed by atoms with Gasteiger partial charge in [-0.25, -0.2) is 9.97 Å². The predicted molar refractivity (Wildman–Crippen MR) is 57.4 cm³/mol. The van der Waals surface area contributed by atoms with Gasteiger partial charge in [-0.2, -0.15) is 0 Å². The zero-order chi connectivity index (χ0) is 11.4. The lowest BCUT2D eigenvalue weighted by molar-refractivity contribution is -0.0649. The first-order valence-corrected chi connectivity index (χ1v) is 5.12. The quantitative estimate of drug-likeness (QED) is 0.820. The van der Waals surface area contributed by atoms with Gasteiger partial charge in [0.25, 0.3) is 0 Å². The Balaban J connectivity index is 2.84. The summed E-state index contributed by atoms with van der Waals surface area (Å²) in [6.45, 7) is 7.44. The maximum atomic E-state index is 9.58. The van der Waals surface area contributed by atoms with Crippen molar-refractivity contribution in [3.05, 3.63) is 23.8 Å². The molecule has 0 saturated heterocycles. The Labute approximate surface area is 90.3 Å². The molecule has 1 heterocycles. The van der Waals surface area contributed by atoms with Crippen LogP contribution in [0.4, 0.5) is 0 Å². The topological polar surface area (TPSA) is 55.2 Å². The molecule has 1 aromatic rings. The monoisotopic (exact) mass is 210 g/mol. The van der Waals surface area contributed by atoms with E-state index in [1.807, 2.05) is 20.8 Å². The molecule has 0 fully saturated rings. The second kappa shape index (κ2) is 5.19. The minimum absolute atomic E-state index is 0.0366. The fraction of sp³-hybridized carbons (Fsp3) is 0.636. The summed E-state index contributed by atoms with van der Waals surface area (Å²) in [4.78, 5) is 8.31. The maximum Gasteiger partial charge on any atom is 0.159 e. The summed E-state index contributed by atoms with van der Waals surface area (Å²) in [5.74, 6) is 0.532. The summed E-state index contributed by atoms with van der Waals surface area (Å²) in [5.41, 5.74) is 0.993. The molecule has 15 heavy (non-hydrogen) atoms. The van der Waals surface area contributed by atoms with Crippen LogP contribution in [0.5, 0.6) is 0 Å². The molecule has 84 valence electrons. The van der Waals surface area contributed by atoms with Crippen LogP contribution in [-0.2, 0) is 4.74 Å². The molecular formula is C11H18N2O2. The standard InChI is InChI=1S/C11H18N2O2/c1-7(2)15-10(9(4)14)11-12-5-8(3)6-13-11/h5-7,9-10,14H,1-4H3/t9-,10-/m1/s1. The van der Waals surface area contributed by atoms with Gasteiger partial charge >= 0.3 is 0 Å². The summed E-state index contributed by atoms with van der Waals surface area (Å²) in [7, 11) is 0. The van der Waals surface area contributed by atoms with E-state index in [4.69, 9.17) is 4.74 Å². The van der Waals surface area contributed by atoms with Gasteiger partial charge in [-0.1, -0.05) is 0 Å². The Morgan fingerprint density at radius 1 is 1.20 bits per heavy atom. The average Bonchev–Trinajstić information content (AvgIpc) is 2.15. The Hall–Kier alpha value is -1.00. The normalized spacial score (nSPS) is 15.3. The molecule has 0 aromatic carbocycles. The van der Waals surface area contributed by atoms with Crippen LogP contribution in [0.2, 0.25) is 0 Å². The van der Waals surface area contributed by atoms with Crippen molar-refractivity contribution in [3.8, 4) is 0 Å². The molecule has 0 amide bonds. The Morgan fingerprint density at radius 3 is 2.13 bits per heavy atom. The van der Waals surface area contributed by atoms with E-state index in [0.29, 0.717) is 5.82 Å². The molecule has 0 saturated carbocycles. The van der Waals surface area contributed by atoms with Gasteiger partial charge in [0.1, 0.15) is 6.10 Å². The number of hydrogen-bond acceptors (Lipinski definition) is 4. The van der Waals surface area contributed by atoms with E-state index in [0.717, 1.165) is 5.56 Å². The third-order valence-electron chi connectivity index (χ3n) is 1.91. The number of aliphatic hydroxyl groups is 1. The Kier molecular flexibility index (Phi) is 4.17. The highest BCUT2D eigenvalue weighted by Crippen LogP contribution is 2.19. The van der Waals surface area contributed by atoms with Crippen LogP contribution in [0.3, 0.4) is 0 Å². The number of aromatic nitrogens is 2. The molecule has 4 nitrogen and oxygen atoms in total. The fourth-order valence-electron chi connectivity index (χ4n) is 1.23. The summed E-state index contributed by atoms with van der Waals surface area (Å²) < 4.78 is 5.56. The minimum Gasteiger partial charge on any atom is -0.390 e. The van der Waals surface area contributed by atoms with Crippen molar-refractivity contribution in [2.45, 2.75) is 46.0 Å². The fourth-order valence-corrected chi connectivity index (χ4v) is 1.23. The molecule has 0 bridgehead atoms. The first-order valence-electron chi connectivity index (χ1n) is 5.12. The molecule has 1 aromatic heterocycles. The molecule has 4 heteroatoms. The number of aryl methyl sites for hydroxylation is 1. The van der Waals surface area contributed by atoms with Crippen LogP contribution in [-0.4, -0.2) is 27.3 Å². The third kappa shape index (κ3) is 3.57. The van der Waals surface area contributed by atoms with E-state index in [2.05, 4.69) is 9.97 Å². The summed E-state index contributed by atoms with van der Waals surface area (Å²) >= 11 is 0. The number of ether oxygens (including phenoxy) is 1. The smallest absolute Gasteiger partial charge is 0.159 e. The average molecular weight is 210 g/mol.